The van der Waals surface area contributed by atoms with Crippen molar-refractivity contribution >= 4 is 17.9 Å². The van der Waals surface area contributed by atoms with Crippen molar-refractivity contribution in [2.75, 3.05) is 13.2 Å². The number of hydrogen-bond donors (Lipinski definition) is 1. The van der Waals surface area contributed by atoms with Crippen LogP contribution in [0.15, 0.2) is 54.6 Å². The standard InChI is InChI=1S/C28H31NO6/c1-4-33-24(30)17-23-25(27(31)34-5-2)22(15-14-20-13-9-10-19(3)16-20)26(29-23)28(32)35-18-21-11-7-6-8-12-21/h6-13,16,29H,4-5,14-15,17-18H2,1-3H3. The number of rotatable bonds is 11. The monoisotopic (exact) mass is 477 g/mol. The molecule has 184 valence electrons. The van der Waals surface area contributed by atoms with E-state index in [1.807, 2.05) is 55.5 Å². The number of ether oxygens (including phenoxy) is 3. The largest absolute Gasteiger partial charge is 0.466 e. The van der Waals surface area contributed by atoms with E-state index in [0.29, 0.717) is 18.4 Å². The van der Waals surface area contributed by atoms with Crippen molar-refractivity contribution in [3.63, 3.8) is 0 Å². The zero-order valence-corrected chi connectivity index (χ0v) is 20.4. The van der Waals surface area contributed by atoms with Gasteiger partial charge in [-0.25, -0.2) is 9.59 Å². The smallest absolute Gasteiger partial charge is 0.355 e. The number of benzene rings is 2. The number of aryl methyl sites for hydroxylation is 2. The average Bonchev–Trinajstić information content (AvgIpc) is 3.20. The summed E-state index contributed by atoms with van der Waals surface area (Å²) >= 11 is 0. The van der Waals surface area contributed by atoms with Crippen LogP contribution in [0.2, 0.25) is 0 Å². The number of nitrogens with one attached hydrogen (secondary N) is 1. The van der Waals surface area contributed by atoms with Gasteiger partial charge in [-0.2, -0.15) is 0 Å². The Labute approximate surface area is 205 Å². The van der Waals surface area contributed by atoms with E-state index in [-0.39, 0.29) is 43.2 Å². The second-order valence-corrected chi connectivity index (χ2v) is 8.09. The summed E-state index contributed by atoms with van der Waals surface area (Å²) in [6.45, 7) is 5.87. The Hall–Kier alpha value is -3.87. The minimum Gasteiger partial charge on any atom is -0.466 e. The summed E-state index contributed by atoms with van der Waals surface area (Å²) in [6, 6.07) is 17.4. The molecule has 0 saturated carbocycles. The van der Waals surface area contributed by atoms with Crippen LogP contribution in [0.4, 0.5) is 0 Å². The summed E-state index contributed by atoms with van der Waals surface area (Å²) in [5, 5.41) is 0. The van der Waals surface area contributed by atoms with Gasteiger partial charge in [0, 0.05) is 5.69 Å². The molecular weight excluding hydrogens is 446 g/mol. The Morgan fingerprint density at radius 3 is 2.20 bits per heavy atom. The van der Waals surface area contributed by atoms with Crippen LogP contribution < -0.4 is 0 Å². The molecule has 0 aliphatic carbocycles. The Balaban J connectivity index is 1.97. The second-order valence-electron chi connectivity index (χ2n) is 8.09. The summed E-state index contributed by atoms with van der Waals surface area (Å²) in [6.07, 6.45) is 0.780. The molecule has 0 bridgehead atoms. The van der Waals surface area contributed by atoms with Gasteiger partial charge in [-0.05, 0) is 50.3 Å². The number of carbonyl (C=O) groups excluding carboxylic acids is 3. The SMILES string of the molecule is CCOC(=O)Cc1[nH]c(C(=O)OCc2ccccc2)c(CCc2cccc(C)c2)c1C(=O)OCC. The van der Waals surface area contributed by atoms with Crippen molar-refractivity contribution in [1.29, 1.82) is 0 Å². The Kier molecular flexibility index (Phi) is 9.23. The number of H-pyrrole nitrogens is 1. The fourth-order valence-electron chi connectivity index (χ4n) is 3.89. The van der Waals surface area contributed by atoms with E-state index in [9.17, 15) is 14.4 Å². The van der Waals surface area contributed by atoms with Crippen molar-refractivity contribution in [3.8, 4) is 0 Å². The maximum atomic E-state index is 13.1. The molecular formula is C28H31NO6. The second kappa shape index (κ2) is 12.6. The highest BCUT2D eigenvalue weighted by Crippen LogP contribution is 2.25. The van der Waals surface area contributed by atoms with Crippen molar-refractivity contribution in [2.24, 2.45) is 0 Å². The quantitative estimate of drug-likeness (QED) is 0.316. The normalized spacial score (nSPS) is 10.6. The van der Waals surface area contributed by atoms with Gasteiger partial charge >= 0.3 is 17.9 Å². The number of hydrogen-bond acceptors (Lipinski definition) is 6. The topological polar surface area (TPSA) is 94.7 Å². The molecule has 0 amide bonds. The molecule has 0 unspecified atom stereocenters. The predicted molar refractivity (Wildman–Crippen MR) is 131 cm³/mol. The lowest BCUT2D eigenvalue weighted by atomic mass is 9.98. The van der Waals surface area contributed by atoms with Crippen LogP contribution >= 0.6 is 0 Å². The number of carbonyl (C=O) groups is 3. The summed E-state index contributed by atoms with van der Waals surface area (Å²) < 4.78 is 15.9. The molecule has 3 aromatic rings. The summed E-state index contributed by atoms with van der Waals surface area (Å²) in [5.41, 5.74) is 4.13. The number of aromatic amines is 1. The van der Waals surface area contributed by atoms with E-state index < -0.39 is 17.9 Å². The van der Waals surface area contributed by atoms with Gasteiger partial charge in [0.2, 0.25) is 0 Å². The van der Waals surface area contributed by atoms with Crippen LogP contribution in [0.5, 0.6) is 0 Å². The van der Waals surface area contributed by atoms with Crippen LogP contribution in [0.3, 0.4) is 0 Å². The van der Waals surface area contributed by atoms with Gasteiger partial charge in [0.1, 0.15) is 12.3 Å². The molecule has 0 atom stereocenters. The summed E-state index contributed by atoms with van der Waals surface area (Å²) in [5.74, 6) is -1.70. The maximum absolute atomic E-state index is 13.1. The predicted octanol–water partition coefficient (Wildman–Crippen LogP) is 4.75. The van der Waals surface area contributed by atoms with Crippen molar-refractivity contribution in [3.05, 3.63) is 93.8 Å². The third-order valence-corrected chi connectivity index (χ3v) is 5.45. The average molecular weight is 478 g/mol. The highest BCUT2D eigenvalue weighted by atomic mass is 16.5. The molecule has 0 saturated heterocycles. The van der Waals surface area contributed by atoms with E-state index >= 15 is 0 Å². The minimum absolute atomic E-state index is 0.0813. The lowest BCUT2D eigenvalue weighted by molar-refractivity contribution is -0.142. The molecule has 0 spiro atoms. The first kappa shape index (κ1) is 25.7. The van der Waals surface area contributed by atoms with E-state index in [0.717, 1.165) is 16.7 Å². The molecule has 0 radical (unpaired) electrons. The molecule has 0 fully saturated rings. The van der Waals surface area contributed by atoms with E-state index in [1.54, 1.807) is 13.8 Å². The fourth-order valence-corrected chi connectivity index (χ4v) is 3.89. The highest BCUT2D eigenvalue weighted by Gasteiger charge is 2.29. The molecule has 1 heterocycles. The van der Waals surface area contributed by atoms with Crippen molar-refractivity contribution in [1.82, 2.24) is 4.98 Å². The molecule has 0 aliphatic rings. The van der Waals surface area contributed by atoms with Crippen LogP contribution in [0, 0.1) is 6.92 Å². The molecule has 7 heteroatoms. The van der Waals surface area contributed by atoms with E-state index in [4.69, 9.17) is 14.2 Å². The lowest BCUT2D eigenvalue weighted by Crippen LogP contribution is -2.14. The van der Waals surface area contributed by atoms with Crippen LogP contribution in [0.1, 0.15) is 62.6 Å². The third kappa shape index (κ3) is 7.06. The summed E-state index contributed by atoms with van der Waals surface area (Å²) in [4.78, 5) is 41.3. The third-order valence-electron chi connectivity index (χ3n) is 5.45. The maximum Gasteiger partial charge on any atom is 0.355 e. The Morgan fingerprint density at radius 1 is 0.800 bits per heavy atom. The van der Waals surface area contributed by atoms with Gasteiger partial charge in [-0.3, -0.25) is 4.79 Å². The Morgan fingerprint density at radius 2 is 1.51 bits per heavy atom. The zero-order chi connectivity index (χ0) is 25.2. The first-order chi connectivity index (χ1) is 16.9. The van der Waals surface area contributed by atoms with Gasteiger partial charge in [-0.1, -0.05) is 60.2 Å². The molecule has 1 aromatic heterocycles. The lowest BCUT2D eigenvalue weighted by Gasteiger charge is -2.09. The molecule has 0 aliphatic heterocycles. The van der Waals surface area contributed by atoms with Gasteiger partial charge in [-0.15, -0.1) is 0 Å². The fraction of sp³-hybridized carbons (Fsp3) is 0.321. The van der Waals surface area contributed by atoms with Crippen molar-refractivity contribution in [2.45, 2.75) is 46.6 Å². The minimum atomic E-state index is -0.603. The van der Waals surface area contributed by atoms with Crippen LogP contribution in [-0.4, -0.2) is 36.1 Å². The van der Waals surface area contributed by atoms with Gasteiger partial charge in [0.25, 0.3) is 0 Å². The van der Waals surface area contributed by atoms with Crippen LogP contribution in [-0.2, 0) is 44.9 Å². The van der Waals surface area contributed by atoms with Gasteiger partial charge in [0.15, 0.2) is 0 Å². The molecule has 7 nitrogen and oxygen atoms in total. The number of esters is 3. The Bertz CT molecular complexity index is 1170. The zero-order valence-electron chi connectivity index (χ0n) is 20.4. The molecule has 35 heavy (non-hydrogen) atoms. The molecule has 1 N–H and O–H groups in total. The van der Waals surface area contributed by atoms with Crippen LogP contribution in [0.25, 0.3) is 0 Å². The highest BCUT2D eigenvalue weighted by molar-refractivity contribution is 5.99. The van der Waals surface area contributed by atoms with E-state index in [1.165, 1.54) is 0 Å². The summed E-state index contributed by atoms with van der Waals surface area (Å²) in [7, 11) is 0. The van der Waals surface area contributed by atoms with E-state index in [2.05, 4.69) is 11.1 Å². The first-order valence-corrected chi connectivity index (χ1v) is 11.8. The number of aromatic nitrogens is 1. The first-order valence-electron chi connectivity index (χ1n) is 11.8. The van der Waals surface area contributed by atoms with Crippen molar-refractivity contribution < 1.29 is 28.6 Å². The van der Waals surface area contributed by atoms with Gasteiger partial charge in [0.05, 0.1) is 25.2 Å². The van der Waals surface area contributed by atoms with Gasteiger partial charge < -0.3 is 19.2 Å². The molecule has 3 rings (SSSR count). The molecule has 2 aromatic carbocycles.